The Balaban J connectivity index is 1.58. The summed E-state index contributed by atoms with van der Waals surface area (Å²) in [6, 6.07) is 17.9. The number of amides is 1. The lowest BCUT2D eigenvalue weighted by atomic mass is 9.95. The van der Waals surface area contributed by atoms with Crippen molar-refractivity contribution in [3.8, 4) is 5.75 Å². The maximum absolute atomic E-state index is 13.4. The number of hydrogen-bond acceptors (Lipinski definition) is 5. The van der Waals surface area contributed by atoms with Crippen LogP contribution < -0.4 is 4.74 Å². The second-order valence-electron chi connectivity index (χ2n) is 8.33. The Morgan fingerprint density at radius 3 is 2.38 bits per heavy atom. The van der Waals surface area contributed by atoms with E-state index in [1.165, 1.54) is 5.56 Å². The first-order chi connectivity index (χ1) is 15.7. The van der Waals surface area contributed by atoms with Crippen molar-refractivity contribution in [3.63, 3.8) is 0 Å². The lowest BCUT2D eigenvalue weighted by Gasteiger charge is -2.36. The van der Waals surface area contributed by atoms with Gasteiger partial charge in [0.1, 0.15) is 5.75 Å². The lowest BCUT2D eigenvalue weighted by Crippen LogP contribution is -2.44. The minimum absolute atomic E-state index is 0.00667. The molecule has 1 atom stereocenters. The van der Waals surface area contributed by atoms with E-state index in [0.29, 0.717) is 19.1 Å². The van der Waals surface area contributed by atoms with Gasteiger partial charge in [0.05, 0.1) is 13.7 Å². The molecule has 6 nitrogen and oxygen atoms in total. The van der Waals surface area contributed by atoms with E-state index < -0.39 is 6.10 Å². The highest BCUT2D eigenvalue weighted by Gasteiger charge is 2.29. The number of ether oxygens (including phenoxy) is 3. The van der Waals surface area contributed by atoms with Crippen LogP contribution in [0.4, 0.5) is 0 Å². The third-order valence-corrected chi connectivity index (χ3v) is 6.21. The van der Waals surface area contributed by atoms with Gasteiger partial charge in [0, 0.05) is 39.4 Å². The van der Waals surface area contributed by atoms with Gasteiger partial charge >= 0.3 is 0 Å². The summed E-state index contributed by atoms with van der Waals surface area (Å²) < 4.78 is 16.4. The van der Waals surface area contributed by atoms with Crippen LogP contribution in [0.15, 0.2) is 54.6 Å². The molecule has 0 radical (unpaired) electrons. The van der Waals surface area contributed by atoms with Gasteiger partial charge in [-0.3, -0.25) is 9.69 Å². The molecule has 1 aliphatic heterocycles. The van der Waals surface area contributed by atoms with E-state index in [1.807, 2.05) is 47.4 Å². The van der Waals surface area contributed by atoms with Gasteiger partial charge in [-0.2, -0.15) is 0 Å². The van der Waals surface area contributed by atoms with Crippen molar-refractivity contribution in [1.82, 2.24) is 9.80 Å². The highest BCUT2D eigenvalue weighted by Crippen LogP contribution is 2.25. The Labute approximate surface area is 192 Å². The molecule has 32 heavy (non-hydrogen) atoms. The number of para-hydroxylation sites is 1. The minimum atomic E-state index is -0.585. The van der Waals surface area contributed by atoms with Gasteiger partial charge in [-0.15, -0.1) is 0 Å². The monoisotopic (exact) mass is 440 g/mol. The minimum Gasteiger partial charge on any atom is -0.496 e. The molecule has 1 saturated heterocycles. The van der Waals surface area contributed by atoms with Gasteiger partial charge in [-0.25, -0.2) is 0 Å². The van der Waals surface area contributed by atoms with Gasteiger partial charge in [0.15, 0.2) is 6.10 Å². The number of hydrogen-bond donors (Lipinski definition) is 0. The average molecular weight is 441 g/mol. The van der Waals surface area contributed by atoms with Crippen LogP contribution in [0.1, 0.15) is 30.1 Å². The summed E-state index contributed by atoms with van der Waals surface area (Å²) in [5.74, 6) is 1.42. The highest BCUT2D eigenvalue weighted by molar-refractivity contribution is 5.82. The number of nitrogens with zero attached hydrogens (tertiary/aromatic N) is 2. The van der Waals surface area contributed by atoms with Gasteiger partial charge < -0.3 is 19.1 Å². The number of piperidine rings is 1. The number of likely N-dealkylation sites (tertiary alicyclic amines) is 1. The molecule has 0 bridgehead atoms. The van der Waals surface area contributed by atoms with Crippen LogP contribution >= 0.6 is 0 Å². The molecule has 1 amide bonds. The van der Waals surface area contributed by atoms with E-state index in [0.717, 1.165) is 50.3 Å². The second-order valence-corrected chi connectivity index (χ2v) is 8.33. The van der Waals surface area contributed by atoms with Crippen molar-refractivity contribution in [1.29, 1.82) is 0 Å². The van der Waals surface area contributed by atoms with Crippen LogP contribution in [0.5, 0.6) is 5.75 Å². The third-order valence-electron chi connectivity index (χ3n) is 6.21. The SMILES string of the molecule is COCCN(CC1CCN(Cc2ccccc2OC)CC1)C(=O)C(OC)c1ccccc1. The van der Waals surface area contributed by atoms with Crippen molar-refractivity contribution in [2.24, 2.45) is 5.92 Å². The topological polar surface area (TPSA) is 51.2 Å². The molecule has 0 saturated carbocycles. The molecule has 1 fully saturated rings. The first-order valence-corrected chi connectivity index (χ1v) is 11.4. The third kappa shape index (κ3) is 6.55. The molecule has 0 aliphatic carbocycles. The number of carbonyl (C=O) groups is 1. The molecule has 0 spiro atoms. The van der Waals surface area contributed by atoms with Gasteiger partial charge in [-0.1, -0.05) is 48.5 Å². The number of benzene rings is 2. The Morgan fingerprint density at radius 2 is 1.72 bits per heavy atom. The maximum Gasteiger partial charge on any atom is 0.256 e. The first-order valence-electron chi connectivity index (χ1n) is 11.4. The molecule has 2 aromatic carbocycles. The zero-order valence-corrected chi connectivity index (χ0v) is 19.5. The fraction of sp³-hybridized carbons (Fsp3) is 0.500. The second kappa shape index (κ2) is 12.6. The normalized spacial score (nSPS) is 16.0. The summed E-state index contributed by atoms with van der Waals surface area (Å²) in [6.07, 6.45) is 1.54. The number of rotatable bonds is 11. The van der Waals surface area contributed by atoms with Gasteiger partial charge in [0.25, 0.3) is 5.91 Å². The molecule has 3 rings (SSSR count). The summed E-state index contributed by atoms with van der Waals surface area (Å²) >= 11 is 0. The van der Waals surface area contributed by atoms with E-state index >= 15 is 0 Å². The summed E-state index contributed by atoms with van der Waals surface area (Å²) in [7, 11) is 4.99. The highest BCUT2D eigenvalue weighted by atomic mass is 16.5. The lowest BCUT2D eigenvalue weighted by molar-refractivity contribution is -0.144. The predicted octanol–water partition coefficient (Wildman–Crippen LogP) is 3.77. The van der Waals surface area contributed by atoms with Crippen LogP contribution in [-0.4, -0.2) is 69.8 Å². The van der Waals surface area contributed by atoms with Crippen LogP contribution in [0.25, 0.3) is 0 Å². The first kappa shape index (κ1) is 24.2. The Kier molecular flexibility index (Phi) is 9.53. The van der Waals surface area contributed by atoms with Crippen molar-refractivity contribution >= 4 is 5.91 Å². The van der Waals surface area contributed by atoms with E-state index in [1.54, 1.807) is 21.3 Å². The average Bonchev–Trinajstić information content (AvgIpc) is 2.84. The van der Waals surface area contributed by atoms with Crippen molar-refractivity contribution in [2.45, 2.75) is 25.5 Å². The molecule has 0 aromatic heterocycles. The molecule has 174 valence electrons. The Morgan fingerprint density at radius 1 is 1.03 bits per heavy atom. The fourth-order valence-corrected chi connectivity index (χ4v) is 4.38. The number of methoxy groups -OCH3 is 3. The fourth-order valence-electron chi connectivity index (χ4n) is 4.38. The maximum atomic E-state index is 13.4. The van der Waals surface area contributed by atoms with Crippen LogP contribution in [0, 0.1) is 5.92 Å². The van der Waals surface area contributed by atoms with E-state index in [4.69, 9.17) is 14.2 Å². The molecule has 0 N–H and O–H groups in total. The van der Waals surface area contributed by atoms with Gasteiger partial charge in [0.2, 0.25) is 0 Å². The summed E-state index contributed by atoms with van der Waals surface area (Å²) in [5, 5.41) is 0. The quantitative estimate of drug-likeness (QED) is 0.532. The van der Waals surface area contributed by atoms with E-state index in [2.05, 4.69) is 17.0 Å². The van der Waals surface area contributed by atoms with Gasteiger partial charge in [-0.05, 0) is 43.5 Å². The van der Waals surface area contributed by atoms with E-state index in [9.17, 15) is 4.79 Å². The largest absolute Gasteiger partial charge is 0.496 e. The van der Waals surface area contributed by atoms with E-state index in [-0.39, 0.29) is 5.91 Å². The summed E-state index contributed by atoms with van der Waals surface area (Å²) in [5.41, 5.74) is 2.10. The van der Waals surface area contributed by atoms with Crippen LogP contribution in [-0.2, 0) is 20.8 Å². The van der Waals surface area contributed by atoms with Crippen molar-refractivity contribution in [3.05, 3.63) is 65.7 Å². The molecular formula is C26H36N2O4. The molecule has 6 heteroatoms. The molecule has 2 aromatic rings. The summed E-state index contributed by atoms with van der Waals surface area (Å²) in [4.78, 5) is 17.7. The molecule has 1 unspecified atom stereocenters. The van der Waals surface area contributed by atoms with Crippen molar-refractivity contribution in [2.75, 3.05) is 54.1 Å². The zero-order valence-electron chi connectivity index (χ0n) is 19.5. The molecule has 1 heterocycles. The predicted molar refractivity (Wildman–Crippen MR) is 126 cm³/mol. The molecule has 1 aliphatic rings. The van der Waals surface area contributed by atoms with Crippen molar-refractivity contribution < 1.29 is 19.0 Å². The number of carbonyl (C=O) groups excluding carboxylic acids is 1. The summed E-state index contributed by atoms with van der Waals surface area (Å²) in [6.45, 7) is 4.75. The standard InChI is InChI=1S/C26H36N2O4/c1-30-18-17-28(26(29)25(32-3)22-9-5-4-6-10-22)19-21-13-15-27(16-14-21)20-23-11-7-8-12-24(23)31-2/h4-12,21,25H,13-20H2,1-3H3. The van der Waals surface area contributed by atoms with Crippen LogP contribution in [0.2, 0.25) is 0 Å². The Hall–Kier alpha value is -2.41. The van der Waals surface area contributed by atoms with Crippen LogP contribution in [0.3, 0.4) is 0 Å². The zero-order chi connectivity index (χ0) is 22.8. The Bertz CT molecular complexity index is 822. The smallest absolute Gasteiger partial charge is 0.256 e. The molecular weight excluding hydrogens is 404 g/mol.